The number of hydrogen-bond acceptors (Lipinski definition) is 7. The van der Waals surface area contributed by atoms with Crippen LogP contribution >= 0.6 is 11.6 Å². The minimum absolute atomic E-state index is 0.0313. The second kappa shape index (κ2) is 10.2. The molecule has 1 aliphatic rings. The molecule has 5 rings (SSSR count). The van der Waals surface area contributed by atoms with Crippen LogP contribution < -0.4 is 11.0 Å². The van der Waals surface area contributed by atoms with Crippen molar-refractivity contribution in [2.24, 2.45) is 0 Å². The third-order valence-electron chi connectivity index (χ3n) is 5.87. The highest BCUT2D eigenvalue weighted by Crippen LogP contribution is 2.26. The molecule has 0 unspecified atom stereocenters. The van der Waals surface area contributed by atoms with Crippen molar-refractivity contribution in [1.82, 2.24) is 39.4 Å². The van der Waals surface area contributed by atoms with Crippen molar-refractivity contribution in [1.29, 1.82) is 0 Å². The fourth-order valence-corrected chi connectivity index (χ4v) is 3.85. The molecule has 11 nitrogen and oxygen atoms in total. The number of carbonyl (C=O) groups excluding carboxylic acids is 1. The van der Waals surface area contributed by atoms with Gasteiger partial charge in [0.1, 0.15) is 19.0 Å². The Bertz CT molecular complexity index is 1570. The van der Waals surface area contributed by atoms with Gasteiger partial charge in [0, 0.05) is 23.2 Å². The van der Waals surface area contributed by atoms with Crippen molar-refractivity contribution in [2.75, 3.05) is 0 Å². The summed E-state index contributed by atoms with van der Waals surface area (Å²) in [6.07, 6.45) is -5.99. The molecular weight excluding hydrogens is 548 g/mol. The van der Waals surface area contributed by atoms with Gasteiger partial charge in [0.25, 0.3) is 5.91 Å². The number of benzene rings is 1. The maximum absolute atomic E-state index is 13.2. The highest BCUT2D eigenvalue weighted by atomic mass is 35.5. The van der Waals surface area contributed by atoms with Gasteiger partial charge in [-0.05, 0) is 36.4 Å². The first-order valence-corrected chi connectivity index (χ1v) is 11.9. The zero-order chi connectivity index (χ0) is 27.9. The molecule has 3 heterocycles. The molecule has 1 aromatic carbocycles. The number of rotatable bonds is 8. The van der Waals surface area contributed by atoms with Gasteiger partial charge in [-0.2, -0.15) is 13.2 Å². The van der Waals surface area contributed by atoms with Gasteiger partial charge in [0.05, 0.1) is 18.2 Å². The molecule has 0 radical (unpaired) electrons. The summed E-state index contributed by atoms with van der Waals surface area (Å²) in [5.74, 6) is -0.554. The largest absolute Gasteiger partial charge is 0.416 e. The summed E-state index contributed by atoms with van der Waals surface area (Å²) >= 11 is 5.90. The lowest BCUT2D eigenvalue weighted by Crippen LogP contribution is -2.37. The predicted octanol–water partition coefficient (Wildman–Crippen LogP) is 2.15. The molecule has 204 valence electrons. The van der Waals surface area contributed by atoms with E-state index in [1.807, 2.05) is 0 Å². The number of pyridine rings is 1. The molecule has 3 atom stereocenters. The molecule has 4 aromatic rings. The number of amides is 1. The number of carbonyl (C=O) groups is 1. The number of nitrogens with one attached hydrogen (secondary N) is 1. The SMILES string of the molecule is O=C(N[C@H]1C[C@@H]1F)c1cccnc1-n1cnc(Cn2nc(-c3ccc(Cl)cc3)n(C[C@H](O)C(F)(F)F)c2=O)n1. The second-order valence-corrected chi connectivity index (χ2v) is 9.19. The average Bonchev–Trinajstić information content (AvgIpc) is 3.26. The maximum atomic E-state index is 13.2. The number of hydrogen-bond donors (Lipinski definition) is 2. The van der Waals surface area contributed by atoms with Crippen LogP contribution in [-0.2, 0) is 13.1 Å². The van der Waals surface area contributed by atoms with E-state index < -0.39 is 42.6 Å². The van der Waals surface area contributed by atoms with Crippen molar-refractivity contribution in [3.63, 3.8) is 0 Å². The lowest BCUT2D eigenvalue weighted by molar-refractivity contribution is -0.207. The smallest absolute Gasteiger partial charge is 0.382 e. The van der Waals surface area contributed by atoms with Crippen molar-refractivity contribution in [3.05, 3.63) is 75.8 Å². The van der Waals surface area contributed by atoms with Gasteiger partial charge in [-0.15, -0.1) is 10.2 Å². The number of aromatic nitrogens is 7. The summed E-state index contributed by atoms with van der Waals surface area (Å²) in [5, 5.41) is 20.9. The van der Waals surface area contributed by atoms with Crippen LogP contribution in [0.4, 0.5) is 17.6 Å². The van der Waals surface area contributed by atoms with E-state index in [4.69, 9.17) is 11.6 Å². The van der Waals surface area contributed by atoms with Crippen molar-refractivity contribution >= 4 is 17.5 Å². The first kappa shape index (κ1) is 26.5. The van der Waals surface area contributed by atoms with Gasteiger partial charge in [-0.3, -0.25) is 9.36 Å². The molecule has 3 aromatic heterocycles. The Morgan fingerprint density at radius 3 is 2.56 bits per heavy atom. The number of aliphatic hydroxyl groups is 1. The molecule has 0 bridgehead atoms. The fourth-order valence-electron chi connectivity index (χ4n) is 3.72. The molecule has 0 spiro atoms. The summed E-state index contributed by atoms with van der Waals surface area (Å²) in [6.45, 7) is -1.43. The lowest BCUT2D eigenvalue weighted by Gasteiger charge is -2.15. The van der Waals surface area contributed by atoms with Crippen LogP contribution in [0.25, 0.3) is 17.2 Å². The Morgan fingerprint density at radius 1 is 1.18 bits per heavy atom. The van der Waals surface area contributed by atoms with Crippen LogP contribution in [0, 0.1) is 0 Å². The molecule has 39 heavy (non-hydrogen) atoms. The Hall–Kier alpha value is -4.11. The summed E-state index contributed by atoms with van der Waals surface area (Å²) in [4.78, 5) is 33.9. The Labute approximate surface area is 221 Å². The predicted molar refractivity (Wildman–Crippen MR) is 128 cm³/mol. The van der Waals surface area contributed by atoms with Gasteiger partial charge < -0.3 is 10.4 Å². The van der Waals surface area contributed by atoms with E-state index in [1.165, 1.54) is 53.6 Å². The van der Waals surface area contributed by atoms with Crippen LogP contribution in [0.2, 0.25) is 5.02 Å². The minimum atomic E-state index is -4.96. The van der Waals surface area contributed by atoms with E-state index in [-0.39, 0.29) is 36.0 Å². The third-order valence-corrected chi connectivity index (χ3v) is 6.12. The molecule has 1 saturated carbocycles. The van der Waals surface area contributed by atoms with Crippen molar-refractivity contribution < 1.29 is 27.5 Å². The molecule has 0 saturated heterocycles. The Balaban J connectivity index is 1.44. The van der Waals surface area contributed by atoms with Crippen molar-refractivity contribution in [2.45, 2.75) is 44.0 Å². The van der Waals surface area contributed by atoms with Gasteiger partial charge >= 0.3 is 11.9 Å². The Morgan fingerprint density at radius 2 is 1.90 bits per heavy atom. The highest BCUT2D eigenvalue weighted by molar-refractivity contribution is 6.30. The van der Waals surface area contributed by atoms with Crippen LogP contribution in [0.5, 0.6) is 0 Å². The fraction of sp³-hybridized carbons (Fsp3) is 0.304. The summed E-state index contributed by atoms with van der Waals surface area (Å²) in [5.41, 5.74) is -0.540. The van der Waals surface area contributed by atoms with E-state index in [0.29, 0.717) is 15.2 Å². The van der Waals surface area contributed by atoms with Crippen LogP contribution in [0.3, 0.4) is 0 Å². The standard InChI is InChI=1S/C23H19ClF4N8O3/c24-13-5-3-12(4-6-13)19-33-35(22(39)34(19)9-17(37)23(26,27)28)10-18-30-11-36(32-18)20-14(2-1-7-29-20)21(38)31-16-8-15(16)25/h1-7,11,15-17,37H,8-10H2,(H,31,38)/t15-,16-,17-/m0/s1. The lowest BCUT2D eigenvalue weighted by atomic mass is 10.2. The number of nitrogens with zero attached hydrogens (tertiary/aromatic N) is 7. The molecule has 1 fully saturated rings. The monoisotopic (exact) mass is 566 g/mol. The molecule has 1 amide bonds. The average molecular weight is 567 g/mol. The van der Waals surface area contributed by atoms with Crippen LogP contribution in [0.15, 0.2) is 53.7 Å². The Kier molecular flexibility index (Phi) is 6.94. The zero-order valence-electron chi connectivity index (χ0n) is 19.8. The number of halogens is 5. The van der Waals surface area contributed by atoms with E-state index in [1.54, 1.807) is 0 Å². The highest BCUT2D eigenvalue weighted by Gasteiger charge is 2.40. The zero-order valence-corrected chi connectivity index (χ0v) is 20.5. The van der Waals surface area contributed by atoms with E-state index in [0.717, 1.165) is 4.68 Å². The minimum Gasteiger partial charge on any atom is -0.382 e. The first-order chi connectivity index (χ1) is 18.5. The quantitative estimate of drug-likeness (QED) is 0.312. The third kappa shape index (κ3) is 5.68. The summed E-state index contributed by atoms with van der Waals surface area (Å²) in [6, 6.07) is 8.33. The first-order valence-electron chi connectivity index (χ1n) is 11.5. The molecule has 2 N–H and O–H groups in total. The van der Waals surface area contributed by atoms with Gasteiger partial charge in [-0.25, -0.2) is 28.5 Å². The van der Waals surface area contributed by atoms with Gasteiger partial charge in [0.2, 0.25) is 0 Å². The summed E-state index contributed by atoms with van der Waals surface area (Å²) in [7, 11) is 0. The summed E-state index contributed by atoms with van der Waals surface area (Å²) < 4.78 is 55.2. The number of aliphatic hydroxyl groups excluding tert-OH is 1. The van der Waals surface area contributed by atoms with E-state index in [2.05, 4.69) is 25.5 Å². The maximum Gasteiger partial charge on any atom is 0.416 e. The second-order valence-electron chi connectivity index (χ2n) is 8.75. The van der Waals surface area contributed by atoms with E-state index >= 15 is 0 Å². The van der Waals surface area contributed by atoms with Gasteiger partial charge in [-0.1, -0.05) is 11.6 Å². The molecule has 0 aliphatic heterocycles. The van der Waals surface area contributed by atoms with E-state index in [9.17, 15) is 32.3 Å². The van der Waals surface area contributed by atoms with Gasteiger partial charge in [0.15, 0.2) is 23.6 Å². The van der Waals surface area contributed by atoms with Crippen LogP contribution in [0.1, 0.15) is 22.6 Å². The van der Waals surface area contributed by atoms with Crippen molar-refractivity contribution in [3.8, 4) is 17.2 Å². The molecular formula is C23H19ClF4N8O3. The molecule has 1 aliphatic carbocycles. The molecule has 16 heteroatoms. The normalized spacial score (nSPS) is 17.7. The number of alkyl halides is 4. The van der Waals surface area contributed by atoms with Crippen LogP contribution in [-0.4, -0.2) is 69.6 Å². The topological polar surface area (TPSA) is 133 Å².